The molecule has 1 N–H and O–H groups in total. The fourth-order valence-corrected chi connectivity index (χ4v) is 1.56. The third-order valence-corrected chi connectivity index (χ3v) is 2.68. The van der Waals surface area contributed by atoms with Gasteiger partial charge in [0.1, 0.15) is 5.75 Å². The van der Waals surface area contributed by atoms with Crippen molar-refractivity contribution >= 4 is 12.0 Å². The molecule has 0 heterocycles. The Bertz CT molecular complexity index is 458. The van der Waals surface area contributed by atoms with E-state index in [1.165, 1.54) is 12.5 Å². The highest BCUT2D eigenvalue weighted by Gasteiger charge is 1.92. The highest BCUT2D eigenvalue weighted by molar-refractivity contribution is 5.72. The lowest BCUT2D eigenvalue weighted by molar-refractivity contribution is -0.118. The summed E-state index contributed by atoms with van der Waals surface area (Å²) in [4.78, 5) is 10.7. The Kier molecular flexibility index (Phi) is 6.44. The molecule has 19 heavy (non-hydrogen) atoms. The fraction of sp³-hybridized carbons (Fsp3) is 0.312. The number of hydrogen-bond acceptors (Lipinski definition) is 2. The van der Waals surface area contributed by atoms with Crippen molar-refractivity contribution in [3.63, 3.8) is 0 Å². The number of nitrogens with one attached hydrogen (secondary N) is 1. The summed E-state index contributed by atoms with van der Waals surface area (Å²) in [5.41, 5.74) is 2.37. The summed E-state index contributed by atoms with van der Waals surface area (Å²) in [6.07, 6.45) is 6.99. The van der Waals surface area contributed by atoms with E-state index in [2.05, 4.69) is 18.3 Å². The molecule has 0 aliphatic carbocycles. The summed E-state index contributed by atoms with van der Waals surface area (Å²) in [7, 11) is 1.66. The maximum Gasteiger partial charge on any atom is 0.216 e. The summed E-state index contributed by atoms with van der Waals surface area (Å²) < 4.78 is 5.10. The van der Waals surface area contributed by atoms with Crippen LogP contribution < -0.4 is 10.1 Å². The number of carbonyl (C=O) groups excluding carboxylic acids is 1. The number of ether oxygens (including phenoxy) is 1. The van der Waals surface area contributed by atoms with Crippen LogP contribution >= 0.6 is 0 Å². The molecule has 0 unspecified atom stereocenters. The molecular formula is C16H21NO2. The van der Waals surface area contributed by atoms with Crippen LogP contribution in [0.2, 0.25) is 0 Å². The van der Waals surface area contributed by atoms with Gasteiger partial charge >= 0.3 is 0 Å². The Labute approximate surface area is 115 Å². The van der Waals surface area contributed by atoms with Crippen molar-refractivity contribution in [3.8, 4) is 5.75 Å². The van der Waals surface area contributed by atoms with Crippen molar-refractivity contribution in [2.24, 2.45) is 0 Å². The van der Waals surface area contributed by atoms with Crippen molar-refractivity contribution in [2.45, 2.75) is 20.3 Å². The molecular weight excluding hydrogens is 238 g/mol. The molecule has 0 fully saturated rings. The molecule has 1 aromatic carbocycles. The number of rotatable bonds is 6. The lowest BCUT2D eigenvalue weighted by atomic mass is 10.1. The zero-order chi connectivity index (χ0) is 14.1. The van der Waals surface area contributed by atoms with E-state index in [1.54, 1.807) is 7.11 Å². The Morgan fingerprint density at radius 1 is 1.26 bits per heavy atom. The predicted molar refractivity (Wildman–Crippen MR) is 79.1 cm³/mol. The average Bonchev–Trinajstić information content (AvgIpc) is 2.39. The second kappa shape index (κ2) is 8.14. The monoisotopic (exact) mass is 259 g/mol. The molecule has 0 bridgehead atoms. The minimum atomic E-state index is 0.0153. The van der Waals surface area contributed by atoms with Gasteiger partial charge in [-0.1, -0.05) is 35.9 Å². The molecule has 0 atom stereocenters. The highest BCUT2D eigenvalue weighted by atomic mass is 16.5. The third-order valence-electron chi connectivity index (χ3n) is 2.68. The highest BCUT2D eigenvalue weighted by Crippen LogP contribution is 2.12. The SMILES string of the molecule is COc1ccc(/C=C\C=C(/C)CCNC(C)=O)cc1. The Balaban J connectivity index is 2.44. The third kappa shape index (κ3) is 6.46. The van der Waals surface area contributed by atoms with Crippen molar-refractivity contribution in [1.29, 1.82) is 0 Å². The minimum absolute atomic E-state index is 0.0153. The molecule has 0 radical (unpaired) electrons. The molecule has 102 valence electrons. The molecule has 1 amide bonds. The lowest BCUT2D eigenvalue weighted by Gasteiger charge is -2.01. The van der Waals surface area contributed by atoms with Crippen LogP contribution in [-0.2, 0) is 4.79 Å². The minimum Gasteiger partial charge on any atom is -0.497 e. The summed E-state index contributed by atoms with van der Waals surface area (Å²) >= 11 is 0. The van der Waals surface area contributed by atoms with Crippen molar-refractivity contribution < 1.29 is 9.53 Å². The molecule has 0 aromatic heterocycles. The fourth-order valence-electron chi connectivity index (χ4n) is 1.56. The van der Waals surface area contributed by atoms with Crippen molar-refractivity contribution in [1.82, 2.24) is 5.32 Å². The number of benzene rings is 1. The Hall–Kier alpha value is -2.03. The van der Waals surface area contributed by atoms with Gasteiger partial charge in [-0.05, 0) is 31.0 Å². The molecule has 0 spiro atoms. The quantitative estimate of drug-likeness (QED) is 0.797. The average molecular weight is 259 g/mol. The van der Waals surface area contributed by atoms with Crippen LogP contribution in [0.3, 0.4) is 0 Å². The number of carbonyl (C=O) groups is 1. The molecule has 1 aromatic rings. The van der Waals surface area contributed by atoms with E-state index in [1.807, 2.05) is 36.4 Å². The number of allylic oxidation sites excluding steroid dienone is 2. The zero-order valence-electron chi connectivity index (χ0n) is 11.8. The summed E-state index contributed by atoms with van der Waals surface area (Å²) in [6.45, 7) is 4.27. The van der Waals surface area contributed by atoms with Gasteiger partial charge in [-0.15, -0.1) is 0 Å². The van der Waals surface area contributed by atoms with E-state index in [9.17, 15) is 4.79 Å². The van der Waals surface area contributed by atoms with Gasteiger partial charge in [0.25, 0.3) is 0 Å². The van der Waals surface area contributed by atoms with Gasteiger partial charge < -0.3 is 10.1 Å². The first kappa shape index (κ1) is 15.0. The predicted octanol–water partition coefficient (Wildman–Crippen LogP) is 3.18. The standard InChI is InChI=1S/C16H21NO2/c1-13(11-12-17-14(2)18)5-4-6-15-7-9-16(19-3)10-8-15/h4-10H,11-12H2,1-3H3,(H,17,18)/b6-4-,13-5+. The van der Waals surface area contributed by atoms with Crippen molar-refractivity contribution in [3.05, 3.63) is 47.6 Å². The second-order valence-electron chi connectivity index (χ2n) is 4.38. The maximum absolute atomic E-state index is 10.7. The maximum atomic E-state index is 10.7. The first-order valence-corrected chi connectivity index (χ1v) is 6.34. The Morgan fingerprint density at radius 3 is 2.53 bits per heavy atom. The molecule has 3 heteroatoms. The normalized spacial score (nSPS) is 11.6. The van der Waals surface area contributed by atoms with E-state index in [-0.39, 0.29) is 5.91 Å². The van der Waals surface area contributed by atoms with Crippen LogP contribution in [0, 0.1) is 0 Å². The molecule has 0 saturated heterocycles. The largest absolute Gasteiger partial charge is 0.497 e. The van der Waals surface area contributed by atoms with Crippen LogP contribution in [0.5, 0.6) is 5.75 Å². The Morgan fingerprint density at radius 2 is 1.95 bits per heavy atom. The molecule has 0 saturated carbocycles. The summed E-state index contributed by atoms with van der Waals surface area (Å²) in [5, 5.41) is 2.78. The van der Waals surface area contributed by atoms with Gasteiger partial charge in [0.15, 0.2) is 0 Å². The molecule has 0 aliphatic rings. The van der Waals surface area contributed by atoms with Gasteiger partial charge in [-0.3, -0.25) is 4.79 Å². The smallest absolute Gasteiger partial charge is 0.216 e. The summed E-state index contributed by atoms with van der Waals surface area (Å²) in [6, 6.07) is 7.89. The van der Waals surface area contributed by atoms with Gasteiger partial charge in [0, 0.05) is 13.5 Å². The lowest BCUT2D eigenvalue weighted by Crippen LogP contribution is -2.20. The zero-order valence-corrected chi connectivity index (χ0v) is 11.8. The molecule has 1 rings (SSSR count). The van der Waals surface area contributed by atoms with Crippen LogP contribution in [-0.4, -0.2) is 19.6 Å². The van der Waals surface area contributed by atoms with Gasteiger partial charge in [-0.2, -0.15) is 0 Å². The van der Waals surface area contributed by atoms with Crippen LogP contribution in [0.25, 0.3) is 6.08 Å². The van der Waals surface area contributed by atoms with E-state index >= 15 is 0 Å². The topological polar surface area (TPSA) is 38.3 Å². The molecule has 3 nitrogen and oxygen atoms in total. The van der Waals surface area contributed by atoms with Gasteiger partial charge in [0.2, 0.25) is 5.91 Å². The van der Waals surface area contributed by atoms with Crippen molar-refractivity contribution in [2.75, 3.05) is 13.7 Å². The summed E-state index contributed by atoms with van der Waals surface area (Å²) in [5.74, 6) is 0.876. The van der Waals surface area contributed by atoms with Crippen LogP contribution in [0.4, 0.5) is 0 Å². The van der Waals surface area contributed by atoms with Gasteiger partial charge in [-0.25, -0.2) is 0 Å². The van der Waals surface area contributed by atoms with E-state index in [0.29, 0.717) is 6.54 Å². The van der Waals surface area contributed by atoms with E-state index in [4.69, 9.17) is 4.74 Å². The first-order valence-electron chi connectivity index (χ1n) is 6.34. The number of hydrogen-bond donors (Lipinski definition) is 1. The van der Waals surface area contributed by atoms with E-state index in [0.717, 1.165) is 17.7 Å². The van der Waals surface area contributed by atoms with Crippen LogP contribution in [0.15, 0.2) is 42.0 Å². The second-order valence-corrected chi connectivity index (χ2v) is 4.38. The van der Waals surface area contributed by atoms with Crippen LogP contribution in [0.1, 0.15) is 25.8 Å². The number of amides is 1. The first-order chi connectivity index (χ1) is 9.11. The van der Waals surface area contributed by atoms with Gasteiger partial charge in [0.05, 0.1) is 7.11 Å². The number of methoxy groups -OCH3 is 1. The molecule has 0 aliphatic heterocycles. The van der Waals surface area contributed by atoms with E-state index < -0.39 is 0 Å².